The summed E-state index contributed by atoms with van der Waals surface area (Å²) >= 11 is 0. The Balaban J connectivity index is 0.000000135. The zero-order chi connectivity index (χ0) is 102. The van der Waals surface area contributed by atoms with Crippen LogP contribution in [-0.2, 0) is 0 Å². The summed E-state index contributed by atoms with van der Waals surface area (Å²) in [6.45, 7) is 0. The fraction of sp³-hybridized carbons (Fsp3) is 0. The lowest BCUT2D eigenvalue weighted by Crippen LogP contribution is -1.98. The van der Waals surface area contributed by atoms with Gasteiger partial charge in [0.05, 0.1) is 127 Å². The maximum Gasteiger partial charge on any atom is 0.0667 e. The zero-order valence-corrected chi connectivity index (χ0v) is 48.9. The summed E-state index contributed by atoms with van der Waals surface area (Å²) in [4.78, 5) is 0. The molecule has 21 aromatic rings. The summed E-state index contributed by atoms with van der Waals surface area (Å²) in [5, 5.41) is 0.205. The minimum atomic E-state index is -0.936. The van der Waals surface area contributed by atoms with Gasteiger partial charge in [-0.25, -0.2) is 0 Å². The lowest BCUT2D eigenvalue weighted by Gasteiger charge is -2.12. The summed E-state index contributed by atoms with van der Waals surface area (Å²) < 4.78 is 385. The maximum absolute atomic E-state index is 9.53. The number of nitrogens with zero attached hydrogens (tertiary/aromatic N) is 6. The fourth-order valence-electron chi connectivity index (χ4n) is 12.6. The highest BCUT2D eigenvalue weighted by atomic mass is 15.0. The van der Waals surface area contributed by atoms with E-state index in [-0.39, 0.29) is 101 Å². The van der Waals surface area contributed by atoms with Crippen molar-refractivity contribution in [3.05, 3.63) is 363 Å². The Kier molecular flexibility index (Phi) is 6.22. The topological polar surface area (TPSA) is 29.6 Å². The molecule has 450 valence electrons. The molecule has 0 radical (unpaired) electrons. The Morgan fingerprint density at radius 1 is 0.156 bits per heavy atom. The zero-order valence-electron chi connectivity index (χ0n) is 92.9. The van der Waals surface area contributed by atoms with Gasteiger partial charge in [-0.1, -0.05) is 236 Å². The predicted octanol–water partition coefficient (Wildman–Crippen LogP) is 23.6. The van der Waals surface area contributed by atoms with Crippen LogP contribution in [0.1, 0.15) is 60.3 Å². The summed E-state index contributed by atoms with van der Waals surface area (Å²) in [5.74, 6) is 0. The molecule has 0 aliphatic heterocycles. The maximum atomic E-state index is 9.53. The van der Waals surface area contributed by atoms with Gasteiger partial charge >= 0.3 is 0 Å². The van der Waals surface area contributed by atoms with E-state index in [1.165, 1.54) is 38.0 Å². The van der Waals surface area contributed by atoms with E-state index in [4.69, 9.17) is 58.9 Å². The number of para-hydroxylation sites is 12. The second-order valence-corrected chi connectivity index (χ2v) is 21.5. The lowest BCUT2D eigenvalue weighted by atomic mass is 10.2. The molecular weight excluding hydrogens is 1170 g/mol. The van der Waals surface area contributed by atoms with Gasteiger partial charge in [-0.15, -0.1) is 0 Å². The first-order valence-corrected chi connectivity index (χ1v) is 29.3. The standard InChI is InChI=1S/3C30H20N2/c3*1-5-16-27-23(12-1)24-13-2-6-17-28(24)31(27)21-10-9-11-22(20-21)32-29-18-7-3-14-25(29)26-15-4-8-19-30(26)32/h3*1-20H/i1D,2D,3D,4D,5D,6D,7D,8D,9D,10D,11D,12D,13D,14D,15D,16D,17D,18D,19D,20D;1D,2D,3D,4D,5D,6D,7D,8D,12D,13D,14D,15D,16D,17D,18D,19D;1D,2D,5D,6D,12D,13D,16D,17D. The van der Waals surface area contributed by atoms with Crippen molar-refractivity contribution in [3.63, 3.8) is 0 Å². The van der Waals surface area contributed by atoms with Gasteiger partial charge in [-0.3, -0.25) is 0 Å². The van der Waals surface area contributed by atoms with Gasteiger partial charge in [-0.2, -0.15) is 0 Å². The highest BCUT2D eigenvalue weighted by molar-refractivity contribution is 6.14. The number of fused-ring (bicyclic) bond motifs is 18. The quantitative estimate of drug-likeness (QED) is 0.159. The molecule has 0 spiro atoms. The van der Waals surface area contributed by atoms with Gasteiger partial charge in [0.2, 0.25) is 0 Å². The molecule has 0 unspecified atom stereocenters. The molecule has 0 fully saturated rings. The van der Waals surface area contributed by atoms with Crippen molar-refractivity contribution in [2.45, 2.75) is 0 Å². The minimum Gasteiger partial charge on any atom is -0.309 e. The Labute approximate surface area is 614 Å². The molecule has 15 aromatic carbocycles. The molecule has 0 aliphatic carbocycles. The van der Waals surface area contributed by atoms with E-state index >= 15 is 0 Å². The van der Waals surface area contributed by atoms with E-state index < -0.39 is 297 Å². The van der Waals surface area contributed by atoms with Crippen molar-refractivity contribution in [1.29, 1.82) is 0 Å². The first-order chi connectivity index (χ1) is 66.0. The van der Waals surface area contributed by atoms with E-state index in [0.29, 0.717) is 5.69 Å². The molecule has 0 N–H and O–H groups in total. The van der Waals surface area contributed by atoms with Crippen LogP contribution < -0.4 is 0 Å². The van der Waals surface area contributed by atoms with Crippen molar-refractivity contribution in [2.24, 2.45) is 0 Å². The SMILES string of the molecule is [2H]c1c([2H])c(-n2c3c([2H])c([2H])c([2H])c([2H])c3c3c([2H])c([2H])c([2H])c([2H])c32)c([2H])c(-n2c3c([2H])c([2H])c([2H])c([2H])c3c3c([2H])c([2H])c([2H])c([2H])c32)c1[2H].[2H]c1c([2H])c([2H])c2c(c1[2H])c1c([2H])c([2H])c([2H])c([2H])c1n2-c1cccc(-n2c3c([2H])c([2H])c([2H])c([2H])c3c3c([2H])c([2H])c([2H])c([2H])c32)c1.[2H]c1c([2H])c([2H])c2c(c1[2H])c1c([2H])c([2H])c([2H])c([2H])c1n2-c1cccc(-n2c3ccccc3c3ccccc32)c1. The van der Waals surface area contributed by atoms with E-state index in [9.17, 15) is 1.37 Å². The summed E-state index contributed by atoms with van der Waals surface area (Å²) in [6, 6.07) is 1.84. The summed E-state index contributed by atoms with van der Waals surface area (Å²) in [7, 11) is 0. The molecular formula is C90H60N6. The third kappa shape index (κ3) is 8.66. The molecule has 0 saturated heterocycles. The smallest absolute Gasteiger partial charge is 0.0667 e. The minimum absolute atomic E-state index is 0.0651. The van der Waals surface area contributed by atoms with Crippen LogP contribution in [0.25, 0.3) is 165 Å². The number of hydrogen-bond donors (Lipinski definition) is 0. The summed E-state index contributed by atoms with van der Waals surface area (Å²) in [6.07, 6.45) is 0. The van der Waals surface area contributed by atoms with Gasteiger partial charge in [0.15, 0.2) is 0 Å². The van der Waals surface area contributed by atoms with Crippen LogP contribution in [0.4, 0.5) is 0 Å². The van der Waals surface area contributed by atoms with Crippen molar-refractivity contribution in [1.82, 2.24) is 27.4 Å². The molecule has 0 saturated carbocycles. The Morgan fingerprint density at radius 3 is 0.594 bits per heavy atom. The van der Waals surface area contributed by atoms with Gasteiger partial charge in [0.25, 0.3) is 0 Å². The van der Waals surface area contributed by atoms with Gasteiger partial charge in [0.1, 0.15) is 0 Å². The van der Waals surface area contributed by atoms with Crippen LogP contribution in [-0.4, -0.2) is 27.4 Å². The predicted molar refractivity (Wildman–Crippen MR) is 405 cm³/mol. The average molecular weight is 1270 g/mol. The second kappa shape index (κ2) is 22.4. The van der Waals surface area contributed by atoms with Crippen molar-refractivity contribution < 1.29 is 60.3 Å². The molecule has 0 atom stereocenters. The van der Waals surface area contributed by atoms with Crippen LogP contribution in [0, 0.1) is 0 Å². The first kappa shape index (κ1) is 26.6. The molecule has 6 heteroatoms. The van der Waals surface area contributed by atoms with E-state index in [1.54, 1.807) is 6.07 Å². The largest absolute Gasteiger partial charge is 0.309 e. The van der Waals surface area contributed by atoms with Crippen LogP contribution in [0.2, 0.25) is 0 Å². The Hall–Kier alpha value is -12.9. The highest BCUT2D eigenvalue weighted by Crippen LogP contribution is 2.40. The van der Waals surface area contributed by atoms with Crippen LogP contribution in [0.15, 0.2) is 363 Å². The summed E-state index contributed by atoms with van der Waals surface area (Å²) in [5.41, 5.74) is -0.181. The van der Waals surface area contributed by atoms with E-state index in [1.807, 2.05) is 54.6 Å². The lowest BCUT2D eigenvalue weighted by molar-refractivity contribution is 1.13. The highest BCUT2D eigenvalue weighted by Gasteiger charge is 2.19. The molecule has 6 aromatic heterocycles. The average Bonchev–Trinajstić information content (AvgIpc) is 1.53. The van der Waals surface area contributed by atoms with E-state index in [0.717, 1.165) is 36.6 Å². The number of rotatable bonds is 6. The molecule has 21 rings (SSSR count). The molecule has 6 heterocycles. The van der Waals surface area contributed by atoms with Crippen LogP contribution in [0.5, 0.6) is 0 Å². The van der Waals surface area contributed by atoms with Crippen LogP contribution >= 0.6 is 0 Å². The van der Waals surface area contributed by atoms with Crippen LogP contribution in [0.3, 0.4) is 0 Å². The molecule has 0 bridgehead atoms. The third-order valence-electron chi connectivity index (χ3n) is 16.5. The third-order valence-corrected chi connectivity index (χ3v) is 16.5. The van der Waals surface area contributed by atoms with Gasteiger partial charge in [0, 0.05) is 98.8 Å². The number of hydrogen-bond acceptors (Lipinski definition) is 0. The first-order valence-electron chi connectivity index (χ1n) is 51.3. The monoisotopic (exact) mass is 1270 g/mol. The normalized spacial score (nSPS) is 18.2. The number of aromatic nitrogens is 6. The van der Waals surface area contributed by atoms with Crippen molar-refractivity contribution in [3.8, 4) is 34.1 Å². The second-order valence-electron chi connectivity index (χ2n) is 21.5. The van der Waals surface area contributed by atoms with Gasteiger partial charge in [-0.05, 0) is 127 Å². The Morgan fingerprint density at radius 2 is 0.354 bits per heavy atom. The molecule has 96 heavy (non-hydrogen) atoms. The van der Waals surface area contributed by atoms with Crippen molar-refractivity contribution in [2.75, 3.05) is 0 Å². The Bertz CT molecular complexity index is 8580. The molecule has 0 aliphatic rings. The van der Waals surface area contributed by atoms with Gasteiger partial charge < -0.3 is 27.4 Å². The number of benzene rings is 15. The fourth-order valence-corrected chi connectivity index (χ4v) is 12.6. The van der Waals surface area contributed by atoms with Crippen molar-refractivity contribution >= 4 is 131 Å². The molecule has 0 amide bonds. The van der Waals surface area contributed by atoms with E-state index in [2.05, 4.69) is 16.7 Å². The molecule has 6 nitrogen and oxygen atoms in total.